The second kappa shape index (κ2) is 5.57. The van der Waals surface area contributed by atoms with Crippen LogP contribution in [0.15, 0.2) is 12.1 Å². The number of carbonyl (C=O) groups excluding carboxylic acids is 1. The van der Waals surface area contributed by atoms with E-state index in [2.05, 4.69) is 16.0 Å². The lowest BCUT2D eigenvalue weighted by Gasteiger charge is -2.19. The summed E-state index contributed by atoms with van der Waals surface area (Å²) >= 11 is 0. The Morgan fingerprint density at radius 3 is 2.90 bits per heavy atom. The molecule has 1 heterocycles. The number of nitrogens with zero attached hydrogens (tertiary/aromatic N) is 1. The van der Waals surface area contributed by atoms with E-state index in [9.17, 15) is 14.9 Å². The topological polar surface area (TPSA) is 106 Å². The summed E-state index contributed by atoms with van der Waals surface area (Å²) in [6.07, 6.45) is 2.39. The van der Waals surface area contributed by atoms with Crippen molar-refractivity contribution < 1.29 is 14.5 Å². The molecule has 1 aromatic rings. The number of carbonyl (C=O) groups is 1. The van der Waals surface area contributed by atoms with Crippen LogP contribution in [0.2, 0.25) is 0 Å². The van der Waals surface area contributed by atoms with Crippen molar-refractivity contribution in [2.75, 3.05) is 30.3 Å². The average Bonchev–Trinajstić information content (AvgIpc) is 3.26. The van der Waals surface area contributed by atoms with E-state index in [1.807, 2.05) is 0 Å². The average molecular weight is 292 g/mol. The Labute approximate surface area is 121 Å². The van der Waals surface area contributed by atoms with Gasteiger partial charge in [0.15, 0.2) is 12.4 Å². The Morgan fingerprint density at radius 2 is 2.19 bits per heavy atom. The minimum atomic E-state index is -0.462. The third-order valence-corrected chi connectivity index (χ3v) is 3.38. The Balaban J connectivity index is 1.74. The first-order chi connectivity index (χ1) is 10.1. The van der Waals surface area contributed by atoms with Gasteiger partial charge in [-0.3, -0.25) is 14.9 Å². The third kappa shape index (κ3) is 3.22. The minimum absolute atomic E-state index is 0.0590. The number of benzene rings is 1. The van der Waals surface area contributed by atoms with Crippen molar-refractivity contribution in [1.82, 2.24) is 5.32 Å². The number of anilines is 2. The summed E-state index contributed by atoms with van der Waals surface area (Å²) in [5.74, 6) is 0.0562. The van der Waals surface area contributed by atoms with Crippen LogP contribution in [-0.2, 0) is 4.79 Å². The van der Waals surface area contributed by atoms with Gasteiger partial charge in [-0.25, -0.2) is 0 Å². The Kier molecular flexibility index (Phi) is 3.61. The van der Waals surface area contributed by atoms with E-state index < -0.39 is 4.92 Å². The molecule has 1 aliphatic carbocycles. The molecule has 2 aliphatic rings. The molecule has 8 heteroatoms. The molecule has 3 N–H and O–H groups in total. The molecule has 0 aromatic heterocycles. The lowest BCUT2D eigenvalue weighted by Crippen LogP contribution is -2.26. The van der Waals surface area contributed by atoms with Gasteiger partial charge in [-0.1, -0.05) is 0 Å². The molecular weight excluding hydrogens is 276 g/mol. The molecule has 0 radical (unpaired) electrons. The van der Waals surface area contributed by atoms with E-state index in [4.69, 9.17) is 4.74 Å². The van der Waals surface area contributed by atoms with E-state index in [-0.39, 0.29) is 18.2 Å². The molecule has 0 saturated heterocycles. The van der Waals surface area contributed by atoms with E-state index in [0.29, 0.717) is 29.7 Å². The smallest absolute Gasteiger partial charge is 0.296 e. The van der Waals surface area contributed by atoms with Crippen molar-refractivity contribution in [3.63, 3.8) is 0 Å². The molecule has 3 rings (SSSR count). The van der Waals surface area contributed by atoms with Crippen LogP contribution in [-0.4, -0.2) is 36.6 Å². The number of nitro benzene ring substituents is 1. The van der Waals surface area contributed by atoms with Crippen LogP contribution in [0.3, 0.4) is 0 Å². The molecule has 21 heavy (non-hydrogen) atoms. The molecule has 1 aromatic carbocycles. The van der Waals surface area contributed by atoms with Crippen LogP contribution in [0.25, 0.3) is 0 Å². The summed E-state index contributed by atoms with van der Waals surface area (Å²) in [7, 11) is 0. The van der Waals surface area contributed by atoms with Gasteiger partial charge in [0.2, 0.25) is 0 Å². The number of nitrogens with one attached hydrogen (secondary N) is 3. The molecule has 0 spiro atoms. The zero-order valence-corrected chi connectivity index (χ0v) is 11.3. The molecule has 112 valence electrons. The molecule has 1 aliphatic heterocycles. The summed E-state index contributed by atoms with van der Waals surface area (Å²) in [5.41, 5.74) is 0.771. The molecule has 1 amide bonds. The predicted molar refractivity (Wildman–Crippen MR) is 76.7 cm³/mol. The number of hydrogen-bond donors (Lipinski definition) is 3. The molecule has 8 nitrogen and oxygen atoms in total. The fraction of sp³-hybridized carbons (Fsp3) is 0.462. The van der Waals surface area contributed by atoms with Gasteiger partial charge >= 0.3 is 0 Å². The lowest BCUT2D eigenvalue weighted by atomic mass is 10.2. The van der Waals surface area contributed by atoms with Crippen LogP contribution in [0, 0.1) is 10.1 Å². The quantitative estimate of drug-likeness (QED) is 0.412. The Morgan fingerprint density at radius 1 is 1.38 bits per heavy atom. The summed E-state index contributed by atoms with van der Waals surface area (Å²) < 4.78 is 5.19. The molecule has 0 atom stereocenters. The van der Waals surface area contributed by atoms with E-state index in [1.54, 1.807) is 6.07 Å². The summed E-state index contributed by atoms with van der Waals surface area (Å²) in [4.78, 5) is 22.0. The van der Waals surface area contributed by atoms with Gasteiger partial charge in [0.25, 0.3) is 11.6 Å². The van der Waals surface area contributed by atoms with Crippen LogP contribution < -0.4 is 20.7 Å². The minimum Gasteiger partial charge on any atom is -0.481 e. The van der Waals surface area contributed by atoms with Crippen molar-refractivity contribution in [2.45, 2.75) is 18.9 Å². The van der Waals surface area contributed by atoms with Crippen molar-refractivity contribution in [2.24, 2.45) is 0 Å². The predicted octanol–water partition coefficient (Wildman–Crippen LogP) is 1.09. The lowest BCUT2D eigenvalue weighted by molar-refractivity contribution is -0.384. The largest absolute Gasteiger partial charge is 0.481 e. The Bertz CT molecular complexity index is 586. The maximum atomic E-state index is 11.3. The third-order valence-electron chi connectivity index (χ3n) is 3.38. The van der Waals surface area contributed by atoms with Crippen LogP contribution >= 0.6 is 0 Å². The number of amides is 1. The summed E-state index contributed by atoms with van der Waals surface area (Å²) in [6, 6.07) is 3.48. The highest BCUT2D eigenvalue weighted by atomic mass is 16.6. The van der Waals surface area contributed by atoms with E-state index in [1.165, 1.54) is 18.9 Å². The van der Waals surface area contributed by atoms with Crippen molar-refractivity contribution in [3.8, 4) is 5.75 Å². The number of rotatable bonds is 6. The van der Waals surface area contributed by atoms with E-state index >= 15 is 0 Å². The zero-order chi connectivity index (χ0) is 14.8. The molecule has 0 unspecified atom stereocenters. The van der Waals surface area contributed by atoms with Crippen LogP contribution in [0.4, 0.5) is 17.1 Å². The highest BCUT2D eigenvalue weighted by molar-refractivity contribution is 5.96. The standard InChI is InChI=1S/C13H16N4O4/c18-13-7-21-12-6-11(17(19)20)9(5-10(12)16-13)15-4-3-14-8-1-2-8/h5-6,8,14-15H,1-4,7H2,(H,16,18). The normalized spacial score (nSPS) is 16.7. The first-order valence-electron chi connectivity index (χ1n) is 6.86. The SMILES string of the molecule is O=C1COc2cc([N+](=O)[O-])c(NCCNC3CC3)cc2N1. The molecule has 1 fully saturated rings. The first kappa shape index (κ1) is 13.6. The van der Waals surface area contributed by atoms with Crippen LogP contribution in [0.5, 0.6) is 5.75 Å². The second-order valence-corrected chi connectivity index (χ2v) is 5.11. The maximum Gasteiger partial charge on any atom is 0.296 e. The number of ether oxygens (including phenoxy) is 1. The highest BCUT2D eigenvalue weighted by Gasteiger charge is 2.24. The van der Waals surface area contributed by atoms with E-state index in [0.717, 1.165) is 6.54 Å². The second-order valence-electron chi connectivity index (χ2n) is 5.11. The first-order valence-corrected chi connectivity index (χ1v) is 6.86. The fourth-order valence-electron chi connectivity index (χ4n) is 2.17. The number of fused-ring (bicyclic) bond motifs is 1. The monoisotopic (exact) mass is 292 g/mol. The highest BCUT2D eigenvalue weighted by Crippen LogP contribution is 2.37. The maximum absolute atomic E-state index is 11.3. The number of hydrogen-bond acceptors (Lipinski definition) is 6. The Hall–Kier alpha value is -2.35. The van der Waals surface area contributed by atoms with Crippen molar-refractivity contribution >= 4 is 23.0 Å². The van der Waals surface area contributed by atoms with Gasteiger partial charge in [0.05, 0.1) is 16.7 Å². The number of nitro groups is 1. The van der Waals surface area contributed by atoms with Crippen molar-refractivity contribution in [3.05, 3.63) is 22.2 Å². The van der Waals surface area contributed by atoms with Gasteiger partial charge in [-0.15, -0.1) is 0 Å². The van der Waals surface area contributed by atoms with Gasteiger partial charge in [-0.05, 0) is 18.9 Å². The van der Waals surface area contributed by atoms with Gasteiger partial charge in [0, 0.05) is 19.1 Å². The van der Waals surface area contributed by atoms with Gasteiger partial charge in [-0.2, -0.15) is 0 Å². The summed E-state index contributed by atoms with van der Waals surface area (Å²) in [6.45, 7) is 1.19. The molecular formula is C13H16N4O4. The fourth-order valence-corrected chi connectivity index (χ4v) is 2.17. The van der Waals surface area contributed by atoms with Gasteiger partial charge < -0.3 is 20.7 Å². The molecule has 1 saturated carbocycles. The summed E-state index contributed by atoms with van der Waals surface area (Å²) in [5, 5.41) is 20.1. The van der Waals surface area contributed by atoms with Crippen LogP contribution in [0.1, 0.15) is 12.8 Å². The van der Waals surface area contributed by atoms with Crippen molar-refractivity contribution in [1.29, 1.82) is 0 Å². The molecule has 0 bridgehead atoms. The zero-order valence-electron chi connectivity index (χ0n) is 11.3. The van der Waals surface area contributed by atoms with Gasteiger partial charge in [0.1, 0.15) is 5.69 Å².